The number of hydrogen-bond donors (Lipinski definition) is 2. The van der Waals surface area contributed by atoms with Crippen molar-refractivity contribution in [3.8, 4) is 0 Å². The lowest BCUT2D eigenvalue weighted by molar-refractivity contribution is -0.138. The third kappa shape index (κ3) is 5.05. The zero-order valence-electron chi connectivity index (χ0n) is 15.7. The second kappa shape index (κ2) is 7.86. The maximum absolute atomic E-state index is 12.0. The summed E-state index contributed by atoms with van der Waals surface area (Å²) in [4.78, 5) is 29.6. The van der Waals surface area contributed by atoms with Crippen molar-refractivity contribution in [2.45, 2.75) is 45.7 Å². The van der Waals surface area contributed by atoms with Gasteiger partial charge in [-0.3, -0.25) is 9.59 Å². The molecule has 1 heterocycles. The Morgan fingerprint density at radius 1 is 1.27 bits per heavy atom. The lowest BCUT2D eigenvalue weighted by Crippen LogP contribution is -2.38. The average Bonchev–Trinajstić information content (AvgIpc) is 3.05. The highest BCUT2D eigenvalue weighted by Gasteiger charge is 2.19. The van der Waals surface area contributed by atoms with Gasteiger partial charge in [-0.25, -0.2) is 4.98 Å². The number of rotatable bonds is 6. The van der Waals surface area contributed by atoms with E-state index in [2.05, 4.69) is 36.4 Å². The molecule has 0 spiro atoms. The second-order valence-corrected chi connectivity index (χ2v) is 8.19. The van der Waals surface area contributed by atoms with Gasteiger partial charge in [0, 0.05) is 30.0 Å². The van der Waals surface area contributed by atoms with Crippen LogP contribution in [0.2, 0.25) is 0 Å². The number of nitrogens with one attached hydrogen (secondary N) is 1. The highest BCUT2D eigenvalue weighted by molar-refractivity contribution is 7.13. The molecular formula is C19H25N3O3S. The van der Waals surface area contributed by atoms with Gasteiger partial charge < -0.3 is 15.3 Å². The van der Waals surface area contributed by atoms with Gasteiger partial charge in [-0.2, -0.15) is 0 Å². The first-order valence-electron chi connectivity index (χ1n) is 8.37. The molecule has 1 aromatic carbocycles. The van der Waals surface area contributed by atoms with Crippen LogP contribution in [0.3, 0.4) is 0 Å². The van der Waals surface area contributed by atoms with E-state index in [9.17, 15) is 9.59 Å². The fraction of sp³-hybridized carbons (Fsp3) is 0.421. The average molecular weight is 375 g/mol. The van der Waals surface area contributed by atoms with Crippen molar-refractivity contribution in [1.82, 2.24) is 10.3 Å². The summed E-state index contributed by atoms with van der Waals surface area (Å²) < 4.78 is 0. The Morgan fingerprint density at radius 2 is 1.88 bits per heavy atom. The fourth-order valence-corrected chi connectivity index (χ4v) is 3.25. The fourth-order valence-electron chi connectivity index (χ4n) is 2.23. The zero-order valence-corrected chi connectivity index (χ0v) is 16.6. The first-order valence-corrected chi connectivity index (χ1v) is 9.25. The summed E-state index contributed by atoms with van der Waals surface area (Å²) in [5, 5.41) is 14.3. The highest BCUT2D eigenvalue weighted by Crippen LogP contribution is 2.28. The summed E-state index contributed by atoms with van der Waals surface area (Å²) in [5.41, 5.74) is 2.58. The summed E-state index contributed by atoms with van der Waals surface area (Å²) in [5.74, 6) is -1.45. The Morgan fingerprint density at radius 3 is 2.38 bits per heavy atom. The summed E-state index contributed by atoms with van der Waals surface area (Å²) in [6, 6.07) is 6.23. The van der Waals surface area contributed by atoms with Crippen LogP contribution in [0.15, 0.2) is 29.6 Å². The van der Waals surface area contributed by atoms with E-state index in [0.717, 1.165) is 16.4 Å². The van der Waals surface area contributed by atoms with Crippen molar-refractivity contribution >= 4 is 28.3 Å². The molecule has 2 aromatic rings. The zero-order chi connectivity index (χ0) is 19.5. The Labute approximate surface area is 157 Å². The molecule has 0 saturated heterocycles. The van der Waals surface area contributed by atoms with Gasteiger partial charge in [0.2, 0.25) is 0 Å². The molecule has 1 aromatic heterocycles. The molecule has 6 nitrogen and oxygen atoms in total. The minimum absolute atomic E-state index is 0.0255. The molecule has 0 saturated carbocycles. The number of nitrogens with zero attached hydrogens (tertiary/aromatic N) is 2. The number of carbonyl (C=O) groups is 2. The van der Waals surface area contributed by atoms with Crippen LogP contribution < -0.4 is 10.2 Å². The molecule has 26 heavy (non-hydrogen) atoms. The molecule has 2 N–H and O–H groups in total. The van der Waals surface area contributed by atoms with E-state index in [1.165, 1.54) is 6.92 Å². The van der Waals surface area contributed by atoms with Crippen molar-refractivity contribution in [2.75, 3.05) is 11.9 Å². The summed E-state index contributed by atoms with van der Waals surface area (Å²) in [7, 11) is 1.99. The number of thiazole rings is 1. The molecule has 0 fully saturated rings. The van der Waals surface area contributed by atoms with Crippen LogP contribution in [0.1, 0.15) is 49.3 Å². The number of carboxylic acid groups (broad SMARTS) is 1. The molecule has 0 aliphatic rings. The van der Waals surface area contributed by atoms with Crippen LogP contribution in [0, 0.1) is 0 Å². The topological polar surface area (TPSA) is 82.5 Å². The quantitative estimate of drug-likeness (QED) is 0.810. The third-order valence-corrected chi connectivity index (χ3v) is 4.90. The normalized spacial score (nSPS) is 12.5. The van der Waals surface area contributed by atoms with Gasteiger partial charge in [0.25, 0.3) is 5.91 Å². The molecule has 0 aliphatic carbocycles. The standard InChI is InChI=1S/C19H25N3O3S/c1-12(17(24)25)20-16(23)14-8-6-13(7-9-14)10-22(5)18-21-15(11-26-18)19(2,3)4/h6-9,11-12H,10H2,1-5H3,(H,20,23)(H,24,25). The number of hydrogen-bond acceptors (Lipinski definition) is 5. The molecule has 1 atom stereocenters. The van der Waals surface area contributed by atoms with E-state index in [-0.39, 0.29) is 5.41 Å². The minimum atomic E-state index is -1.06. The largest absolute Gasteiger partial charge is 0.480 e. The van der Waals surface area contributed by atoms with Gasteiger partial charge in [-0.05, 0) is 24.6 Å². The second-order valence-electron chi connectivity index (χ2n) is 7.35. The monoisotopic (exact) mass is 375 g/mol. The van der Waals surface area contributed by atoms with Gasteiger partial charge in [0.15, 0.2) is 5.13 Å². The molecule has 0 radical (unpaired) electrons. The predicted molar refractivity (Wildman–Crippen MR) is 104 cm³/mol. The van der Waals surface area contributed by atoms with Gasteiger partial charge in [-0.15, -0.1) is 11.3 Å². The number of benzene rings is 1. The van der Waals surface area contributed by atoms with Gasteiger partial charge >= 0.3 is 5.97 Å². The van der Waals surface area contributed by atoms with Gasteiger partial charge in [-0.1, -0.05) is 32.9 Å². The molecule has 1 unspecified atom stereocenters. The van der Waals surface area contributed by atoms with E-state index < -0.39 is 17.9 Å². The maximum atomic E-state index is 12.0. The van der Waals surface area contributed by atoms with E-state index in [1.54, 1.807) is 23.5 Å². The first kappa shape index (κ1) is 19.9. The Bertz CT molecular complexity index is 778. The number of carbonyl (C=O) groups excluding carboxylic acids is 1. The van der Waals surface area contributed by atoms with Crippen molar-refractivity contribution in [1.29, 1.82) is 0 Å². The van der Waals surface area contributed by atoms with Crippen molar-refractivity contribution in [3.05, 3.63) is 46.5 Å². The molecule has 140 valence electrons. The number of aromatic nitrogens is 1. The number of carboxylic acids is 1. The summed E-state index contributed by atoms with van der Waals surface area (Å²) >= 11 is 1.62. The Hall–Kier alpha value is -2.41. The van der Waals surface area contributed by atoms with Crippen LogP contribution in [-0.2, 0) is 16.8 Å². The lowest BCUT2D eigenvalue weighted by atomic mass is 9.93. The minimum Gasteiger partial charge on any atom is -0.480 e. The summed E-state index contributed by atoms with van der Waals surface area (Å²) in [6.07, 6.45) is 0. The Kier molecular flexibility index (Phi) is 6.02. The molecule has 2 rings (SSSR count). The number of amides is 1. The highest BCUT2D eigenvalue weighted by atomic mass is 32.1. The number of aliphatic carboxylic acids is 1. The van der Waals surface area contributed by atoms with Crippen LogP contribution in [0.4, 0.5) is 5.13 Å². The molecule has 0 aliphatic heterocycles. The van der Waals surface area contributed by atoms with Crippen molar-refractivity contribution in [2.24, 2.45) is 0 Å². The van der Waals surface area contributed by atoms with Crippen LogP contribution in [-0.4, -0.2) is 35.1 Å². The smallest absolute Gasteiger partial charge is 0.325 e. The lowest BCUT2D eigenvalue weighted by Gasteiger charge is -2.18. The van der Waals surface area contributed by atoms with Crippen molar-refractivity contribution in [3.63, 3.8) is 0 Å². The van der Waals surface area contributed by atoms with E-state index >= 15 is 0 Å². The molecule has 0 bridgehead atoms. The SMILES string of the molecule is CC(NC(=O)c1ccc(CN(C)c2nc(C(C)(C)C)cs2)cc1)C(=O)O. The maximum Gasteiger partial charge on any atom is 0.325 e. The predicted octanol–water partition coefficient (Wildman–Crippen LogP) is 3.28. The van der Waals surface area contributed by atoms with Gasteiger partial charge in [0.05, 0.1) is 5.69 Å². The molecular weight excluding hydrogens is 350 g/mol. The van der Waals surface area contributed by atoms with Crippen LogP contribution >= 0.6 is 11.3 Å². The van der Waals surface area contributed by atoms with E-state index in [0.29, 0.717) is 12.1 Å². The summed E-state index contributed by atoms with van der Waals surface area (Å²) in [6.45, 7) is 8.52. The molecule has 7 heteroatoms. The Balaban J connectivity index is 2.01. The number of anilines is 1. The van der Waals surface area contributed by atoms with Crippen molar-refractivity contribution < 1.29 is 14.7 Å². The van der Waals surface area contributed by atoms with Crippen LogP contribution in [0.5, 0.6) is 0 Å². The third-order valence-electron chi connectivity index (χ3n) is 3.94. The molecule has 1 amide bonds. The van der Waals surface area contributed by atoms with E-state index in [4.69, 9.17) is 10.1 Å². The van der Waals surface area contributed by atoms with Gasteiger partial charge in [0.1, 0.15) is 6.04 Å². The van der Waals surface area contributed by atoms with Crippen LogP contribution in [0.25, 0.3) is 0 Å². The first-order chi connectivity index (χ1) is 12.1. The van der Waals surface area contributed by atoms with E-state index in [1.807, 2.05) is 19.2 Å².